The second kappa shape index (κ2) is 8.96. The summed E-state index contributed by atoms with van der Waals surface area (Å²) in [4.78, 5) is 25.6. The van der Waals surface area contributed by atoms with E-state index >= 15 is 0 Å². The summed E-state index contributed by atoms with van der Waals surface area (Å²) >= 11 is 0. The van der Waals surface area contributed by atoms with Gasteiger partial charge in [-0.15, -0.1) is 0 Å². The molecule has 1 unspecified atom stereocenters. The van der Waals surface area contributed by atoms with Gasteiger partial charge < -0.3 is 23.6 Å². The second-order valence-electron chi connectivity index (χ2n) is 9.38. The van der Waals surface area contributed by atoms with Crippen molar-refractivity contribution in [2.75, 3.05) is 7.11 Å². The van der Waals surface area contributed by atoms with Crippen molar-refractivity contribution in [3.05, 3.63) is 57.3 Å². The van der Waals surface area contributed by atoms with Gasteiger partial charge >= 0.3 is 5.63 Å². The van der Waals surface area contributed by atoms with Crippen LogP contribution in [0.1, 0.15) is 56.1 Å². The Kier molecular flexibility index (Phi) is 6.23. The summed E-state index contributed by atoms with van der Waals surface area (Å²) in [6, 6.07) is 5.55. The highest BCUT2D eigenvalue weighted by Gasteiger charge is 2.31. The summed E-state index contributed by atoms with van der Waals surface area (Å²) in [6.07, 6.45) is 4.59. The summed E-state index contributed by atoms with van der Waals surface area (Å²) in [5, 5.41) is 3.68. The Hall–Kier alpha value is -3.22. The number of rotatable bonds is 7. The molecule has 2 aromatic heterocycles. The number of hydrogen-bond acceptors (Lipinski definition) is 6. The van der Waals surface area contributed by atoms with Gasteiger partial charge in [0, 0.05) is 24.1 Å². The predicted molar refractivity (Wildman–Crippen MR) is 125 cm³/mol. The monoisotopic (exact) mass is 453 g/mol. The number of aryl methyl sites for hydroxylation is 3. The van der Waals surface area contributed by atoms with E-state index in [0.29, 0.717) is 33.6 Å². The highest BCUT2D eigenvalue weighted by Crippen LogP contribution is 2.43. The number of methoxy groups -OCH3 is 1. The first kappa shape index (κ1) is 23.0. The van der Waals surface area contributed by atoms with Gasteiger partial charge in [0.15, 0.2) is 0 Å². The van der Waals surface area contributed by atoms with Crippen molar-refractivity contribution in [1.29, 1.82) is 0 Å². The molecule has 1 aromatic carbocycles. The summed E-state index contributed by atoms with van der Waals surface area (Å²) in [6.45, 7) is 7.84. The van der Waals surface area contributed by atoms with Gasteiger partial charge in [0.2, 0.25) is 5.91 Å². The van der Waals surface area contributed by atoms with Crippen LogP contribution in [0, 0.1) is 6.92 Å². The molecule has 0 fully saturated rings. The van der Waals surface area contributed by atoms with Crippen molar-refractivity contribution in [3.8, 4) is 11.5 Å². The fraction of sp³-hybridized carbons (Fsp3) is 0.462. The molecular weight excluding hydrogens is 422 g/mol. The molecule has 3 heterocycles. The van der Waals surface area contributed by atoms with Crippen molar-refractivity contribution in [1.82, 2.24) is 5.32 Å². The zero-order valence-electron chi connectivity index (χ0n) is 19.9. The Morgan fingerprint density at radius 3 is 2.82 bits per heavy atom. The summed E-state index contributed by atoms with van der Waals surface area (Å²) < 4.78 is 22.9. The molecular formula is C26H31NO6. The van der Waals surface area contributed by atoms with Crippen molar-refractivity contribution < 1.29 is 23.1 Å². The van der Waals surface area contributed by atoms with Crippen molar-refractivity contribution in [3.63, 3.8) is 0 Å². The molecule has 0 bridgehead atoms. The van der Waals surface area contributed by atoms with E-state index in [2.05, 4.69) is 5.32 Å². The molecule has 1 N–H and O–H groups in total. The van der Waals surface area contributed by atoms with Crippen LogP contribution >= 0.6 is 0 Å². The normalized spacial score (nSPS) is 15.5. The standard InChI is InChI=1S/C26H31NO6/c1-15(8-9-17-7-6-12-31-17)27-22(28)13-19-16(2)23-21(30-5)14-20-18(24(23)32-25(19)29)10-11-26(3,4)33-20/h6-7,12,14-15H,8-11,13H2,1-5H3,(H,27,28). The number of furan rings is 1. The topological polar surface area (TPSA) is 90.9 Å². The fourth-order valence-electron chi connectivity index (χ4n) is 4.42. The van der Waals surface area contributed by atoms with Gasteiger partial charge in [-0.25, -0.2) is 4.79 Å². The second-order valence-corrected chi connectivity index (χ2v) is 9.38. The molecule has 0 aliphatic carbocycles. The zero-order valence-corrected chi connectivity index (χ0v) is 19.9. The van der Waals surface area contributed by atoms with Crippen molar-refractivity contribution in [2.24, 2.45) is 0 Å². The molecule has 1 aliphatic heterocycles. The third kappa shape index (κ3) is 4.77. The van der Waals surface area contributed by atoms with Gasteiger partial charge in [0.1, 0.15) is 28.4 Å². The van der Waals surface area contributed by atoms with Crippen LogP contribution in [0.4, 0.5) is 0 Å². The first-order valence-electron chi connectivity index (χ1n) is 11.4. The summed E-state index contributed by atoms with van der Waals surface area (Å²) in [5.74, 6) is 1.90. The molecule has 0 saturated carbocycles. The lowest BCUT2D eigenvalue weighted by Crippen LogP contribution is -2.35. The SMILES string of the molecule is COc1cc2c(c3oc(=O)c(CC(=O)NC(C)CCc4ccco4)c(C)c13)CCC(C)(C)O2. The smallest absolute Gasteiger partial charge is 0.340 e. The Morgan fingerprint density at radius 2 is 2.12 bits per heavy atom. The Morgan fingerprint density at radius 1 is 1.33 bits per heavy atom. The number of amides is 1. The minimum atomic E-state index is -0.501. The number of hydrogen-bond donors (Lipinski definition) is 1. The predicted octanol–water partition coefficient (Wildman–Crippen LogP) is 4.49. The number of carbonyl (C=O) groups excluding carboxylic acids is 1. The third-order valence-corrected chi connectivity index (χ3v) is 6.31. The third-order valence-electron chi connectivity index (χ3n) is 6.31. The van der Waals surface area contributed by atoms with E-state index in [0.717, 1.165) is 37.0 Å². The minimum Gasteiger partial charge on any atom is -0.496 e. The van der Waals surface area contributed by atoms with E-state index in [-0.39, 0.29) is 24.0 Å². The van der Waals surface area contributed by atoms with E-state index < -0.39 is 5.63 Å². The molecule has 7 nitrogen and oxygen atoms in total. The maximum absolute atomic E-state index is 12.9. The summed E-state index contributed by atoms with van der Waals surface area (Å²) in [5.41, 5.74) is 1.59. The molecule has 4 rings (SSSR count). The number of nitrogens with one attached hydrogen (secondary N) is 1. The lowest BCUT2D eigenvalue weighted by atomic mass is 9.91. The zero-order chi connectivity index (χ0) is 23.8. The Labute approximate surface area is 193 Å². The molecule has 3 aromatic rings. The van der Waals surface area contributed by atoms with Crippen LogP contribution in [0.3, 0.4) is 0 Å². The minimum absolute atomic E-state index is 0.0566. The molecule has 0 radical (unpaired) electrons. The molecule has 0 spiro atoms. The molecule has 176 valence electrons. The van der Waals surface area contributed by atoms with Crippen LogP contribution in [0.5, 0.6) is 11.5 Å². The lowest BCUT2D eigenvalue weighted by molar-refractivity contribution is -0.121. The molecule has 0 saturated heterocycles. The van der Waals surface area contributed by atoms with Crippen LogP contribution in [-0.4, -0.2) is 24.7 Å². The number of fused-ring (bicyclic) bond motifs is 3. The number of benzene rings is 1. The average molecular weight is 454 g/mol. The van der Waals surface area contributed by atoms with E-state index in [1.165, 1.54) is 0 Å². The molecule has 7 heteroatoms. The van der Waals surface area contributed by atoms with Gasteiger partial charge in [0.05, 0.1) is 30.7 Å². The van der Waals surface area contributed by atoms with Gasteiger partial charge in [-0.2, -0.15) is 0 Å². The van der Waals surface area contributed by atoms with Gasteiger partial charge in [0.25, 0.3) is 0 Å². The van der Waals surface area contributed by atoms with E-state index in [4.69, 9.17) is 18.3 Å². The number of carbonyl (C=O) groups is 1. The van der Waals surface area contributed by atoms with E-state index in [1.54, 1.807) is 13.4 Å². The van der Waals surface area contributed by atoms with Crippen LogP contribution in [0.2, 0.25) is 0 Å². The van der Waals surface area contributed by atoms with Gasteiger partial charge in [-0.05, 0) is 64.7 Å². The van der Waals surface area contributed by atoms with Crippen molar-refractivity contribution >= 4 is 16.9 Å². The quantitative estimate of drug-likeness (QED) is 0.530. The first-order valence-corrected chi connectivity index (χ1v) is 11.4. The first-order chi connectivity index (χ1) is 15.7. The molecule has 1 aliphatic rings. The van der Waals surface area contributed by atoms with E-state index in [1.807, 2.05) is 45.9 Å². The van der Waals surface area contributed by atoms with Gasteiger partial charge in [-0.3, -0.25) is 4.79 Å². The van der Waals surface area contributed by atoms with Crippen LogP contribution in [0.25, 0.3) is 11.0 Å². The van der Waals surface area contributed by atoms with Crippen LogP contribution < -0.4 is 20.4 Å². The molecule has 33 heavy (non-hydrogen) atoms. The number of ether oxygens (including phenoxy) is 2. The molecule has 1 atom stereocenters. The van der Waals surface area contributed by atoms with Crippen molar-refractivity contribution in [2.45, 2.75) is 71.4 Å². The Balaban J connectivity index is 1.59. The average Bonchev–Trinajstić information content (AvgIpc) is 3.27. The largest absolute Gasteiger partial charge is 0.496 e. The highest BCUT2D eigenvalue weighted by atomic mass is 16.5. The van der Waals surface area contributed by atoms with Crippen LogP contribution in [0.15, 0.2) is 38.1 Å². The highest BCUT2D eigenvalue weighted by molar-refractivity contribution is 5.93. The lowest BCUT2D eigenvalue weighted by Gasteiger charge is -2.33. The van der Waals surface area contributed by atoms with E-state index in [9.17, 15) is 9.59 Å². The fourth-order valence-corrected chi connectivity index (χ4v) is 4.42. The summed E-state index contributed by atoms with van der Waals surface area (Å²) in [7, 11) is 1.58. The maximum atomic E-state index is 12.9. The van der Waals surface area contributed by atoms with Crippen LogP contribution in [-0.2, 0) is 24.1 Å². The molecule has 1 amide bonds. The van der Waals surface area contributed by atoms with Gasteiger partial charge in [-0.1, -0.05) is 0 Å². The Bertz CT molecular complexity index is 1220. The maximum Gasteiger partial charge on any atom is 0.340 e.